The van der Waals surface area contributed by atoms with Crippen LogP contribution in [0.1, 0.15) is 16.8 Å². The zero-order chi connectivity index (χ0) is 13.8. The second-order valence-electron chi connectivity index (χ2n) is 3.47. The molecule has 1 aromatic carbocycles. The Labute approximate surface area is 103 Å². The minimum Gasteiger partial charge on any atom is -0.497 e. The average Bonchev–Trinajstić information content (AvgIpc) is 2.38. The van der Waals surface area contributed by atoms with E-state index in [4.69, 9.17) is 4.74 Å². The molecule has 0 bridgehead atoms. The Morgan fingerprint density at radius 3 is 2.17 bits per heavy atom. The summed E-state index contributed by atoms with van der Waals surface area (Å²) < 4.78 is 34.2. The van der Waals surface area contributed by atoms with Crippen molar-refractivity contribution in [3.05, 3.63) is 29.8 Å². The van der Waals surface area contributed by atoms with Crippen LogP contribution < -0.4 is 4.74 Å². The number of Topliss-reactive ketones (excluding diaryl/α,β-unsaturated/α-hetero) is 2. The van der Waals surface area contributed by atoms with Crippen LogP contribution in [0.15, 0.2) is 24.3 Å². The summed E-state index contributed by atoms with van der Waals surface area (Å²) in [6, 6.07) is 5.82. The predicted molar refractivity (Wildman–Crippen MR) is 58.9 cm³/mol. The summed E-state index contributed by atoms with van der Waals surface area (Å²) in [7, 11) is 2.16. The molecule has 18 heavy (non-hydrogen) atoms. The molecule has 0 heterocycles. The van der Waals surface area contributed by atoms with Gasteiger partial charge in [-0.2, -0.15) is 8.78 Å². The van der Waals surface area contributed by atoms with E-state index in [-0.39, 0.29) is 5.56 Å². The Morgan fingerprint density at radius 1 is 1.17 bits per heavy atom. The lowest BCUT2D eigenvalue weighted by molar-refractivity contribution is -0.216. The molecule has 1 rings (SSSR count). The Bertz CT molecular complexity index is 440. The third-order valence-electron chi connectivity index (χ3n) is 2.31. The number of benzene rings is 1. The lowest BCUT2D eigenvalue weighted by Gasteiger charge is -2.11. The van der Waals surface area contributed by atoms with Crippen LogP contribution in [0.5, 0.6) is 5.75 Å². The van der Waals surface area contributed by atoms with Crippen LogP contribution >= 0.6 is 0 Å². The van der Waals surface area contributed by atoms with Gasteiger partial charge < -0.3 is 9.47 Å². The summed E-state index contributed by atoms with van der Waals surface area (Å²) in [5.74, 6) is -1.73. The van der Waals surface area contributed by atoms with Crippen LogP contribution in [-0.4, -0.2) is 31.9 Å². The molecule has 98 valence electrons. The molecule has 0 aliphatic carbocycles. The minimum absolute atomic E-state index is 0.163. The molecule has 0 radical (unpaired) electrons. The highest BCUT2D eigenvalue weighted by Crippen LogP contribution is 2.19. The van der Waals surface area contributed by atoms with Gasteiger partial charge in [0.05, 0.1) is 13.5 Å². The van der Waals surface area contributed by atoms with Crippen molar-refractivity contribution < 1.29 is 27.8 Å². The molecule has 0 aliphatic heterocycles. The highest BCUT2D eigenvalue weighted by molar-refractivity contribution is 6.09. The van der Waals surface area contributed by atoms with E-state index in [1.165, 1.54) is 31.4 Å². The second-order valence-corrected chi connectivity index (χ2v) is 3.47. The van der Waals surface area contributed by atoms with Crippen LogP contribution in [0.25, 0.3) is 0 Å². The van der Waals surface area contributed by atoms with Gasteiger partial charge >= 0.3 is 6.11 Å². The van der Waals surface area contributed by atoms with E-state index in [0.29, 0.717) is 12.9 Å². The van der Waals surface area contributed by atoms with Crippen molar-refractivity contribution in [1.82, 2.24) is 0 Å². The fourth-order valence-corrected chi connectivity index (χ4v) is 1.24. The van der Waals surface area contributed by atoms with Crippen LogP contribution in [0.4, 0.5) is 8.78 Å². The highest BCUT2D eigenvalue weighted by atomic mass is 19.3. The smallest absolute Gasteiger partial charge is 0.416 e. The molecule has 0 atom stereocenters. The van der Waals surface area contributed by atoms with Crippen molar-refractivity contribution in [2.45, 2.75) is 12.5 Å². The predicted octanol–water partition coefficient (Wildman–Crippen LogP) is 2.08. The summed E-state index contributed by atoms with van der Waals surface area (Å²) in [4.78, 5) is 22.6. The number of carbonyl (C=O) groups excluding carboxylic acids is 2. The molecule has 4 nitrogen and oxygen atoms in total. The molecule has 6 heteroatoms. The first kappa shape index (κ1) is 14.2. The molecule has 0 amide bonds. The maximum absolute atomic E-state index is 12.8. The topological polar surface area (TPSA) is 52.6 Å². The Balaban J connectivity index is 2.73. The molecular formula is C12H12F2O4. The van der Waals surface area contributed by atoms with Gasteiger partial charge in [-0.1, -0.05) is 0 Å². The van der Waals surface area contributed by atoms with Gasteiger partial charge in [-0.15, -0.1) is 0 Å². The van der Waals surface area contributed by atoms with E-state index in [1.807, 2.05) is 0 Å². The molecule has 0 saturated heterocycles. The molecule has 0 spiro atoms. The lowest BCUT2D eigenvalue weighted by Crippen LogP contribution is -2.32. The molecule has 1 aromatic rings. The number of rotatable bonds is 6. The number of carbonyl (C=O) groups is 2. The fraction of sp³-hybridized carbons (Fsp3) is 0.333. The number of hydrogen-bond donors (Lipinski definition) is 0. The van der Waals surface area contributed by atoms with Gasteiger partial charge in [-0.25, -0.2) is 0 Å². The first-order valence-electron chi connectivity index (χ1n) is 5.04. The highest BCUT2D eigenvalue weighted by Gasteiger charge is 2.39. The Kier molecular flexibility index (Phi) is 4.49. The van der Waals surface area contributed by atoms with E-state index in [9.17, 15) is 18.4 Å². The van der Waals surface area contributed by atoms with Crippen LogP contribution in [-0.2, 0) is 9.53 Å². The number of methoxy groups -OCH3 is 2. The van der Waals surface area contributed by atoms with E-state index in [0.717, 1.165) is 0 Å². The number of halogens is 2. The van der Waals surface area contributed by atoms with Crippen LogP contribution in [0.2, 0.25) is 0 Å². The van der Waals surface area contributed by atoms with Gasteiger partial charge in [0.25, 0.3) is 0 Å². The average molecular weight is 258 g/mol. The number of ketones is 2. The van der Waals surface area contributed by atoms with Crippen molar-refractivity contribution >= 4 is 11.6 Å². The number of alkyl halides is 2. The quantitative estimate of drug-likeness (QED) is 0.579. The largest absolute Gasteiger partial charge is 0.497 e. The van der Waals surface area contributed by atoms with Gasteiger partial charge in [0.1, 0.15) is 5.75 Å². The van der Waals surface area contributed by atoms with Gasteiger partial charge in [-0.05, 0) is 24.3 Å². The summed E-state index contributed by atoms with van der Waals surface area (Å²) in [5.41, 5.74) is 0.163. The summed E-state index contributed by atoms with van der Waals surface area (Å²) >= 11 is 0. The number of hydrogen-bond acceptors (Lipinski definition) is 4. The lowest BCUT2D eigenvalue weighted by atomic mass is 10.1. The monoisotopic (exact) mass is 258 g/mol. The van der Waals surface area contributed by atoms with E-state index >= 15 is 0 Å². The van der Waals surface area contributed by atoms with Crippen molar-refractivity contribution in [2.24, 2.45) is 0 Å². The fourth-order valence-electron chi connectivity index (χ4n) is 1.24. The zero-order valence-corrected chi connectivity index (χ0v) is 9.91. The first-order valence-corrected chi connectivity index (χ1v) is 5.04. The first-order chi connectivity index (χ1) is 8.40. The maximum Gasteiger partial charge on any atom is 0.416 e. The molecule has 0 aliphatic rings. The molecule has 0 saturated carbocycles. The van der Waals surface area contributed by atoms with Crippen molar-refractivity contribution in [2.75, 3.05) is 14.2 Å². The molecule has 0 fully saturated rings. The molecule has 0 aromatic heterocycles. The standard InChI is InChI=1S/C12H12F2O4/c1-17-9-5-3-8(4-6-9)10(15)7-11(16)12(13,14)18-2/h3-6H,7H2,1-2H3. The molecule has 0 unspecified atom stereocenters. The van der Waals surface area contributed by atoms with Crippen LogP contribution in [0.3, 0.4) is 0 Å². The summed E-state index contributed by atoms with van der Waals surface area (Å²) in [5, 5.41) is 0. The van der Waals surface area contributed by atoms with Gasteiger partial charge in [0, 0.05) is 12.7 Å². The van der Waals surface area contributed by atoms with Crippen molar-refractivity contribution in [1.29, 1.82) is 0 Å². The zero-order valence-electron chi connectivity index (χ0n) is 9.91. The molecule has 0 N–H and O–H groups in total. The summed E-state index contributed by atoms with van der Waals surface area (Å²) in [6.45, 7) is 0. The number of ether oxygens (including phenoxy) is 2. The molecular weight excluding hydrogens is 246 g/mol. The van der Waals surface area contributed by atoms with Gasteiger partial charge in [0.15, 0.2) is 5.78 Å². The third kappa shape index (κ3) is 3.33. The van der Waals surface area contributed by atoms with Gasteiger partial charge in [0.2, 0.25) is 5.78 Å². The SMILES string of the molecule is COc1ccc(C(=O)CC(=O)C(F)(F)OC)cc1. The minimum atomic E-state index is -3.93. The van der Waals surface area contributed by atoms with Crippen LogP contribution in [0, 0.1) is 0 Å². The van der Waals surface area contributed by atoms with E-state index in [1.54, 1.807) is 0 Å². The van der Waals surface area contributed by atoms with Crippen molar-refractivity contribution in [3.8, 4) is 5.75 Å². The summed E-state index contributed by atoms with van der Waals surface area (Å²) in [6.07, 6.45) is -4.84. The van der Waals surface area contributed by atoms with Crippen molar-refractivity contribution in [3.63, 3.8) is 0 Å². The Morgan fingerprint density at radius 2 is 1.72 bits per heavy atom. The normalized spacial score (nSPS) is 11.1. The third-order valence-corrected chi connectivity index (χ3v) is 2.31. The van der Waals surface area contributed by atoms with E-state index < -0.39 is 24.1 Å². The second kappa shape index (κ2) is 5.68. The van der Waals surface area contributed by atoms with Gasteiger partial charge in [-0.3, -0.25) is 9.59 Å². The maximum atomic E-state index is 12.8. The van der Waals surface area contributed by atoms with E-state index in [2.05, 4.69) is 4.74 Å². The Hall–Kier alpha value is -1.82.